The molecule has 0 aliphatic carbocycles. The molecular weight excluding hydrogens is 226 g/mol. The summed E-state index contributed by atoms with van der Waals surface area (Å²) < 4.78 is 5.15. The molecule has 2 aromatic rings. The molecular formula is C14H17N3O. The number of aryl methyl sites for hydroxylation is 1. The lowest BCUT2D eigenvalue weighted by Crippen LogP contribution is -2.29. The molecule has 0 radical (unpaired) electrons. The maximum absolute atomic E-state index is 5.67. The van der Waals surface area contributed by atoms with Crippen LogP contribution in [-0.2, 0) is 0 Å². The van der Waals surface area contributed by atoms with E-state index in [0.717, 1.165) is 22.4 Å². The van der Waals surface area contributed by atoms with Crippen LogP contribution in [-0.4, -0.2) is 12.1 Å². The van der Waals surface area contributed by atoms with Crippen molar-refractivity contribution in [3.05, 3.63) is 59.4 Å². The summed E-state index contributed by atoms with van der Waals surface area (Å²) in [6.07, 6.45) is 3.62. The molecule has 4 heteroatoms. The third-order valence-electron chi connectivity index (χ3n) is 3.01. The normalized spacial score (nSPS) is 12.2. The number of ether oxygens (including phenoxy) is 1. The third kappa shape index (κ3) is 2.50. The second-order valence-corrected chi connectivity index (χ2v) is 4.11. The van der Waals surface area contributed by atoms with Gasteiger partial charge in [0.05, 0.1) is 13.2 Å². The lowest BCUT2D eigenvalue weighted by atomic mass is 9.97. The van der Waals surface area contributed by atoms with Gasteiger partial charge in [0, 0.05) is 12.4 Å². The van der Waals surface area contributed by atoms with E-state index in [1.165, 1.54) is 0 Å². The molecule has 0 fully saturated rings. The van der Waals surface area contributed by atoms with Crippen molar-refractivity contribution in [3.63, 3.8) is 0 Å². The molecule has 1 heterocycles. The molecule has 0 saturated carbocycles. The molecule has 0 amide bonds. The summed E-state index contributed by atoms with van der Waals surface area (Å²) in [6.45, 7) is 2.05. The average molecular weight is 243 g/mol. The quantitative estimate of drug-likeness (QED) is 0.636. The van der Waals surface area contributed by atoms with Crippen LogP contribution in [0.1, 0.15) is 22.7 Å². The van der Waals surface area contributed by atoms with Gasteiger partial charge in [-0.1, -0.05) is 12.1 Å². The molecule has 94 valence electrons. The van der Waals surface area contributed by atoms with Crippen LogP contribution in [0, 0.1) is 6.92 Å². The van der Waals surface area contributed by atoms with Crippen LogP contribution in [0.15, 0.2) is 42.7 Å². The van der Waals surface area contributed by atoms with Gasteiger partial charge >= 0.3 is 0 Å². The van der Waals surface area contributed by atoms with E-state index in [1.54, 1.807) is 13.3 Å². The van der Waals surface area contributed by atoms with Gasteiger partial charge in [-0.25, -0.2) is 5.43 Å². The molecule has 18 heavy (non-hydrogen) atoms. The van der Waals surface area contributed by atoms with E-state index in [4.69, 9.17) is 10.6 Å². The first-order valence-corrected chi connectivity index (χ1v) is 5.77. The van der Waals surface area contributed by atoms with Gasteiger partial charge in [-0.2, -0.15) is 0 Å². The van der Waals surface area contributed by atoms with E-state index in [0.29, 0.717) is 0 Å². The number of benzene rings is 1. The highest BCUT2D eigenvalue weighted by atomic mass is 16.5. The minimum atomic E-state index is -0.0652. The first-order chi connectivity index (χ1) is 8.76. The second-order valence-electron chi connectivity index (χ2n) is 4.11. The second kappa shape index (κ2) is 5.62. The van der Waals surface area contributed by atoms with Crippen LogP contribution in [0.3, 0.4) is 0 Å². The highest BCUT2D eigenvalue weighted by Gasteiger charge is 2.14. The van der Waals surface area contributed by atoms with Crippen molar-refractivity contribution in [1.82, 2.24) is 10.4 Å². The summed E-state index contributed by atoms with van der Waals surface area (Å²) in [4.78, 5) is 4.15. The number of hydrogen-bond donors (Lipinski definition) is 2. The minimum absolute atomic E-state index is 0.0652. The Hall–Kier alpha value is -1.91. The van der Waals surface area contributed by atoms with Crippen molar-refractivity contribution < 1.29 is 4.74 Å². The Kier molecular flexibility index (Phi) is 3.92. The molecule has 3 N–H and O–H groups in total. The molecule has 0 aliphatic heterocycles. The molecule has 2 rings (SSSR count). The van der Waals surface area contributed by atoms with Crippen molar-refractivity contribution in [1.29, 1.82) is 0 Å². The lowest BCUT2D eigenvalue weighted by Gasteiger charge is -2.18. The zero-order valence-corrected chi connectivity index (χ0v) is 10.6. The minimum Gasteiger partial charge on any atom is -0.497 e. The Labute approximate surface area is 107 Å². The van der Waals surface area contributed by atoms with Gasteiger partial charge in [-0.05, 0) is 41.8 Å². The van der Waals surface area contributed by atoms with Gasteiger partial charge in [-0.3, -0.25) is 10.8 Å². The number of nitrogens with two attached hydrogens (primary N) is 1. The molecule has 1 atom stereocenters. The standard InChI is InChI=1S/C14H17N3O/c1-10-7-8-16-9-13(10)14(17-15)11-3-5-12(18-2)6-4-11/h3-9,14,17H,15H2,1-2H3. The highest BCUT2D eigenvalue weighted by molar-refractivity contribution is 5.37. The molecule has 0 aliphatic rings. The fourth-order valence-corrected chi connectivity index (χ4v) is 1.94. The zero-order chi connectivity index (χ0) is 13.0. The summed E-state index contributed by atoms with van der Waals surface area (Å²) in [6, 6.07) is 9.75. The molecule has 1 aromatic heterocycles. The lowest BCUT2D eigenvalue weighted by molar-refractivity contribution is 0.414. The molecule has 0 spiro atoms. The van der Waals surface area contributed by atoms with Crippen LogP contribution in [0.4, 0.5) is 0 Å². The maximum atomic E-state index is 5.67. The molecule has 0 saturated heterocycles. The van der Waals surface area contributed by atoms with E-state index in [9.17, 15) is 0 Å². The summed E-state index contributed by atoms with van der Waals surface area (Å²) in [5, 5.41) is 0. The first kappa shape index (κ1) is 12.5. The first-order valence-electron chi connectivity index (χ1n) is 5.77. The van der Waals surface area contributed by atoms with Gasteiger partial charge in [0.15, 0.2) is 0 Å². The Bertz CT molecular complexity index is 511. The Morgan fingerprint density at radius 3 is 2.50 bits per heavy atom. The van der Waals surface area contributed by atoms with Gasteiger partial charge in [0.1, 0.15) is 5.75 Å². The summed E-state index contributed by atoms with van der Waals surface area (Å²) in [5.41, 5.74) is 6.14. The van der Waals surface area contributed by atoms with Crippen molar-refractivity contribution in [2.24, 2.45) is 5.84 Å². The van der Waals surface area contributed by atoms with Crippen molar-refractivity contribution in [2.75, 3.05) is 7.11 Å². The van der Waals surface area contributed by atoms with E-state index in [-0.39, 0.29) is 6.04 Å². The molecule has 0 bridgehead atoms. The van der Waals surface area contributed by atoms with Gasteiger partial charge in [-0.15, -0.1) is 0 Å². The maximum Gasteiger partial charge on any atom is 0.118 e. The van der Waals surface area contributed by atoms with Crippen molar-refractivity contribution >= 4 is 0 Å². The van der Waals surface area contributed by atoms with Crippen LogP contribution in [0.25, 0.3) is 0 Å². The van der Waals surface area contributed by atoms with Gasteiger partial charge in [0.2, 0.25) is 0 Å². The number of hydrogen-bond acceptors (Lipinski definition) is 4. The Morgan fingerprint density at radius 1 is 1.22 bits per heavy atom. The van der Waals surface area contributed by atoms with E-state index < -0.39 is 0 Å². The van der Waals surface area contributed by atoms with Crippen molar-refractivity contribution in [3.8, 4) is 5.75 Å². The fraction of sp³-hybridized carbons (Fsp3) is 0.214. The topological polar surface area (TPSA) is 60.2 Å². The van der Waals surface area contributed by atoms with Crippen LogP contribution >= 0.6 is 0 Å². The fourth-order valence-electron chi connectivity index (χ4n) is 1.94. The molecule has 1 unspecified atom stereocenters. The number of methoxy groups -OCH3 is 1. The Morgan fingerprint density at radius 2 is 1.94 bits per heavy atom. The van der Waals surface area contributed by atoms with E-state index >= 15 is 0 Å². The summed E-state index contributed by atoms with van der Waals surface area (Å²) in [5.74, 6) is 6.50. The molecule has 1 aromatic carbocycles. The predicted octanol–water partition coefficient (Wildman–Crippen LogP) is 1.95. The number of rotatable bonds is 4. The largest absolute Gasteiger partial charge is 0.497 e. The average Bonchev–Trinajstić information content (AvgIpc) is 2.42. The number of aromatic nitrogens is 1. The zero-order valence-electron chi connectivity index (χ0n) is 10.6. The third-order valence-corrected chi connectivity index (χ3v) is 3.01. The molecule has 4 nitrogen and oxygen atoms in total. The van der Waals surface area contributed by atoms with Gasteiger partial charge in [0.25, 0.3) is 0 Å². The van der Waals surface area contributed by atoms with Gasteiger partial charge < -0.3 is 4.74 Å². The van der Waals surface area contributed by atoms with E-state index in [2.05, 4.69) is 10.4 Å². The van der Waals surface area contributed by atoms with Crippen molar-refractivity contribution in [2.45, 2.75) is 13.0 Å². The highest BCUT2D eigenvalue weighted by Crippen LogP contribution is 2.24. The monoisotopic (exact) mass is 243 g/mol. The van der Waals surface area contributed by atoms with Crippen LogP contribution < -0.4 is 16.0 Å². The number of nitrogens with one attached hydrogen (secondary N) is 1. The number of hydrazine groups is 1. The van der Waals surface area contributed by atoms with Crippen LogP contribution in [0.5, 0.6) is 5.75 Å². The number of nitrogens with zero attached hydrogens (tertiary/aromatic N) is 1. The predicted molar refractivity (Wildman–Crippen MR) is 71.1 cm³/mol. The Balaban J connectivity index is 2.36. The SMILES string of the molecule is COc1ccc(C(NN)c2cnccc2C)cc1. The summed E-state index contributed by atoms with van der Waals surface area (Å²) >= 11 is 0. The summed E-state index contributed by atoms with van der Waals surface area (Å²) in [7, 11) is 1.65. The van der Waals surface area contributed by atoms with E-state index in [1.807, 2.05) is 43.5 Å². The number of pyridine rings is 1. The smallest absolute Gasteiger partial charge is 0.118 e. The van der Waals surface area contributed by atoms with Crippen LogP contribution in [0.2, 0.25) is 0 Å².